The second kappa shape index (κ2) is 3.58. The van der Waals surface area contributed by atoms with E-state index < -0.39 is 0 Å². The molecule has 4 rings (SSSR count). The zero-order valence-corrected chi connectivity index (χ0v) is 9.52. The molecular weight excluding hydrogens is 196 g/mol. The maximum Gasteiger partial charge on any atom is 0.140 e. The van der Waals surface area contributed by atoms with Crippen LogP contribution in [-0.2, 0) is 4.79 Å². The molecule has 0 heterocycles. The molecule has 1 aromatic rings. The summed E-state index contributed by atoms with van der Waals surface area (Å²) in [5.74, 6) is 1.52. The Kier molecular flexibility index (Phi) is 2.20. The molecule has 3 aliphatic carbocycles. The summed E-state index contributed by atoms with van der Waals surface area (Å²) >= 11 is 0. The summed E-state index contributed by atoms with van der Waals surface area (Å²) in [6, 6.07) is 10.5. The molecule has 0 aliphatic heterocycles. The van der Waals surface area contributed by atoms with Gasteiger partial charge in [-0.25, -0.2) is 0 Å². The van der Waals surface area contributed by atoms with Gasteiger partial charge in [-0.15, -0.1) is 0 Å². The summed E-state index contributed by atoms with van der Waals surface area (Å²) in [5, 5.41) is 0. The molecule has 1 nitrogen and oxygen atoms in total. The first kappa shape index (κ1) is 9.83. The van der Waals surface area contributed by atoms with Crippen molar-refractivity contribution in [1.29, 1.82) is 0 Å². The lowest BCUT2D eigenvalue weighted by Gasteiger charge is -2.39. The van der Waals surface area contributed by atoms with Crippen LogP contribution in [0.3, 0.4) is 0 Å². The van der Waals surface area contributed by atoms with Crippen LogP contribution >= 0.6 is 0 Å². The van der Waals surface area contributed by atoms with Gasteiger partial charge in [-0.1, -0.05) is 42.0 Å². The average Bonchev–Trinajstić information content (AvgIpc) is 2.31. The molecule has 0 radical (unpaired) electrons. The Morgan fingerprint density at radius 1 is 1.19 bits per heavy atom. The monoisotopic (exact) mass is 212 g/mol. The molecule has 0 spiro atoms. The largest absolute Gasteiger partial charge is 0.299 e. The molecule has 1 fully saturated rings. The first-order chi connectivity index (χ1) is 7.75. The summed E-state index contributed by atoms with van der Waals surface area (Å²) in [6.45, 7) is 2.17. The molecule has 16 heavy (non-hydrogen) atoms. The van der Waals surface area contributed by atoms with Gasteiger partial charge in [0.1, 0.15) is 5.78 Å². The summed E-state index contributed by atoms with van der Waals surface area (Å²) in [6.07, 6.45) is 4.14. The van der Waals surface area contributed by atoms with Gasteiger partial charge in [-0.05, 0) is 30.7 Å². The first-order valence-electron chi connectivity index (χ1n) is 6.01. The number of Topliss-reactive ketones (excluding diaryl/α,β-unsaturated/α-hetero) is 1. The molecule has 3 aliphatic rings. The van der Waals surface area contributed by atoms with E-state index in [1.54, 1.807) is 0 Å². The summed E-state index contributed by atoms with van der Waals surface area (Å²) in [7, 11) is 0. The Morgan fingerprint density at radius 2 is 1.94 bits per heavy atom. The third-order valence-electron chi connectivity index (χ3n) is 4.11. The first-order valence-corrected chi connectivity index (χ1v) is 6.01. The number of hydrogen-bond acceptors (Lipinski definition) is 1. The Labute approximate surface area is 96.2 Å². The molecule has 1 heteroatoms. The summed E-state index contributed by atoms with van der Waals surface area (Å²) < 4.78 is 0. The minimum Gasteiger partial charge on any atom is -0.299 e. The minimum absolute atomic E-state index is 0.146. The molecule has 1 saturated carbocycles. The number of hydrogen-bond donors (Lipinski definition) is 0. The predicted molar refractivity (Wildman–Crippen MR) is 64.2 cm³/mol. The molecule has 0 amide bonds. The van der Waals surface area contributed by atoms with Gasteiger partial charge in [0.2, 0.25) is 0 Å². The number of carbonyl (C=O) groups is 1. The van der Waals surface area contributed by atoms with Gasteiger partial charge in [0.15, 0.2) is 0 Å². The van der Waals surface area contributed by atoms with E-state index >= 15 is 0 Å². The van der Waals surface area contributed by atoms with E-state index in [1.165, 1.54) is 11.1 Å². The molecule has 2 bridgehead atoms. The lowest BCUT2D eigenvalue weighted by molar-refractivity contribution is -0.125. The van der Waals surface area contributed by atoms with Crippen LogP contribution in [0.1, 0.15) is 31.2 Å². The normalized spacial score (nSPS) is 32.7. The van der Waals surface area contributed by atoms with Crippen LogP contribution in [0.5, 0.6) is 0 Å². The fraction of sp³-hybridized carbons (Fsp3) is 0.400. The predicted octanol–water partition coefficient (Wildman–Crippen LogP) is 3.33. The Balaban J connectivity index is 1.98. The van der Waals surface area contributed by atoms with E-state index in [4.69, 9.17) is 0 Å². The fourth-order valence-electron chi connectivity index (χ4n) is 3.16. The van der Waals surface area contributed by atoms with Crippen molar-refractivity contribution in [2.75, 3.05) is 0 Å². The number of fused-ring (bicyclic) bond motifs is 2. The van der Waals surface area contributed by atoms with Crippen LogP contribution in [0, 0.1) is 11.8 Å². The molecule has 82 valence electrons. The minimum atomic E-state index is 0.146. The van der Waals surface area contributed by atoms with Crippen LogP contribution in [0.2, 0.25) is 0 Å². The van der Waals surface area contributed by atoms with Gasteiger partial charge >= 0.3 is 0 Å². The highest BCUT2D eigenvalue weighted by atomic mass is 16.1. The van der Waals surface area contributed by atoms with E-state index in [9.17, 15) is 4.79 Å². The van der Waals surface area contributed by atoms with Crippen molar-refractivity contribution in [1.82, 2.24) is 0 Å². The van der Waals surface area contributed by atoms with Gasteiger partial charge in [0.25, 0.3) is 0 Å². The maximum absolute atomic E-state index is 11.9. The van der Waals surface area contributed by atoms with E-state index in [0.717, 1.165) is 12.8 Å². The zero-order chi connectivity index (χ0) is 11.1. The number of ketones is 1. The van der Waals surface area contributed by atoms with Crippen LogP contribution in [0.15, 0.2) is 42.0 Å². The van der Waals surface area contributed by atoms with Crippen molar-refractivity contribution in [3.8, 4) is 0 Å². The van der Waals surface area contributed by atoms with Gasteiger partial charge in [-0.2, -0.15) is 0 Å². The molecule has 0 N–H and O–H groups in total. The molecule has 1 aromatic carbocycles. The smallest absolute Gasteiger partial charge is 0.140 e. The standard InChI is InChI=1S/C15H16O/c1-10-7-14-13(8-12(10)9-15(14)16)11-5-3-2-4-6-11/h2-7,12-14H,8-9H2,1H3/t12-,13-,14+/m0/s1. The second-order valence-electron chi connectivity index (χ2n) is 5.06. The molecule has 3 atom stereocenters. The Hall–Kier alpha value is -1.37. The van der Waals surface area contributed by atoms with Crippen molar-refractivity contribution < 1.29 is 4.79 Å². The topological polar surface area (TPSA) is 17.1 Å². The Morgan fingerprint density at radius 3 is 2.62 bits per heavy atom. The van der Waals surface area contributed by atoms with Crippen molar-refractivity contribution in [3.63, 3.8) is 0 Å². The third kappa shape index (κ3) is 1.42. The third-order valence-corrected chi connectivity index (χ3v) is 4.11. The molecule has 0 saturated heterocycles. The van der Waals surface area contributed by atoms with Crippen LogP contribution in [0.4, 0.5) is 0 Å². The van der Waals surface area contributed by atoms with Crippen molar-refractivity contribution in [3.05, 3.63) is 47.5 Å². The van der Waals surface area contributed by atoms with Crippen LogP contribution in [0.25, 0.3) is 0 Å². The van der Waals surface area contributed by atoms with Crippen molar-refractivity contribution in [2.24, 2.45) is 11.8 Å². The highest BCUT2D eigenvalue weighted by Crippen LogP contribution is 2.46. The number of rotatable bonds is 1. The van der Waals surface area contributed by atoms with Gasteiger partial charge in [0, 0.05) is 12.3 Å². The highest BCUT2D eigenvalue weighted by Gasteiger charge is 2.40. The SMILES string of the molecule is CC1=C[C@H]2C(=O)C[C@@H]1C[C@H]2c1ccccc1. The van der Waals surface area contributed by atoms with Gasteiger partial charge in [0.05, 0.1) is 0 Å². The van der Waals surface area contributed by atoms with Gasteiger partial charge in [-0.3, -0.25) is 4.79 Å². The Bertz CT molecular complexity index is 444. The van der Waals surface area contributed by atoms with E-state index in [0.29, 0.717) is 17.6 Å². The second-order valence-corrected chi connectivity index (χ2v) is 5.06. The number of carbonyl (C=O) groups excluding carboxylic acids is 1. The number of allylic oxidation sites excluding steroid dienone is 2. The van der Waals surface area contributed by atoms with E-state index in [-0.39, 0.29) is 5.92 Å². The maximum atomic E-state index is 11.9. The van der Waals surface area contributed by atoms with E-state index in [2.05, 4.69) is 37.3 Å². The lowest BCUT2D eigenvalue weighted by atomic mass is 9.63. The van der Waals surface area contributed by atoms with E-state index in [1.807, 2.05) is 6.07 Å². The summed E-state index contributed by atoms with van der Waals surface area (Å²) in [5.41, 5.74) is 2.76. The fourth-order valence-corrected chi connectivity index (χ4v) is 3.16. The lowest BCUT2D eigenvalue weighted by Crippen LogP contribution is -2.35. The zero-order valence-electron chi connectivity index (χ0n) is 9.52. The molecule has 0 aromatic heterocycles. The average molecular weight is 212 g/mol. The molecule has 0 unspecified atom stereocenters. The number of benzene rings is 1. The summed E-state index contributed by atoms with van der Waals surface area (Å²) in [4.78, 5) is 11.9. The van der Waals surface area contributed by atoms with Crippen molar-refractivity contribution in [2.45, 2.75) is 25.7 Å². The van der Waals surface area contributed by atoms with Crippen molar-refractivity contribution >= 4 is 5.78 Å². The quantitative estimate of drug-likeness (QED) is 0.653. The molecular formula is C15H16O. The van der Waals surface area contributed by atoms with Gasteiger partial charge < -0.3 is 0 Å². The van der Waals surface area contributed by atoms with Crippen LogP contribution < -0.4 is 0 Å². The van der Waals surface area contributed by atoms with Crippen LogP contribution in [-0.4, -0.2) is 5.78 Å². The highest BCUT2D eigenvalue weighted by molar-refractivity contribution is 5.86.